The van der Waals surface area contributed by atoms with Gasteiger partial charge in [-0.15, -0.1) is 17.0 Å². The smallest absolute Gasteiger partial charge is 0.163 e. The number of hydrogen-bond acceptors (Lipinski definition) is 1. The van der Waals surface area contributed by atoms with E-state index < -0.39 is 0 Å². The Morgan fingerprint density at radius 2 is 2.23 bits per heavy atom. The van der Waals surface area contributed by atoms with Gasteiger partial charge in [0, 0.05) is 11.6 Å². The van der Waals surface area contributed by atoms with E-state index in [0.717, 1.165) is 10.6 Å². The number of hydrogen-bond donors (Lipinski definition) is 2. The van der Waals surface area contributed by atoms with Crippen LogP contribution in [0.3, 0.4) is 0 Å². The molecule has 0 aliphatic heterocycles. The standard InChI is InChI=1S/C8H9ClN2S.BrH/c9-7-3-1-2-6(4-7)5-11-8(10)12;/h1-4H,5H2,(H3,10,11,12);1H. The van der Waals surface area contributed by atoms with Crippen LogP contribution in [0.15, 0.2) is 24.3 Å². The predicted octanol–water partition coefficient (Wildman–Crippen LogP) is 2.25. The summed E-state index contributed by atoms with van der Waals surface area (Å²) in [5, 5.41) is 3.86. The van der Waals surface area contributed by atoms with Crippen molar-refractivity contribution in [1.29, 1.82) is 0 Å². The van der Waals surface area contributed by atoms with E-state index in [1.165, 1.54) is 0 Å². The fourth-order valence-corrected chi connectivity index (χ4v) is 1.12. The van der Waals surface area contributed by atoms with Gasteiger partial charge >= 0.3 is 0 Å². The van der Waals surface area contributed by atoms with Crippen molar-refractivity contribution in [2.45, 2.75) is 6.54 Å². The molecule has 1 aromatic carbocycles. The first-order valence-corrected chi connectivity index (χ1v) is 4.25. The van der Waals surface area contributed by atoms with Gasteiger partial charge in [0.05, 0.1) is 0 Å². The Balaban J connectivity index is 0.00000144. The molecule has 0 saturated carbocycles. The highest BCUT2D eigenvalue weighted by Crippen LogP contribution is 2.09. The second-order valence-corrected chi connectivity index (χ2v) is 3.22. The van der Waals surface area contributed by atoms with Gasteiger partial charge in [0.1, 0.15) is 0 Å². The molecule has 72 valence electrons. The monoisotopic (exact) mass is 280 g/mol. The maximum atomic E-state index is 5.77. The summed E-state index contributed by atoms with van der Waals surface area (Å²) in [4.78, 5) is 0. The number of nitrogens with one attached hydrogen (secondary N) is 1. The topological polar surface area (TPSA) is 38.0 Å². The first-order valence-electron chi connectivity index (χ1n) is 3.46. The highest BCUT2D eigenvalue weighted by Gasteiger charge is 1.93. The summed E-state index contributed by atoms with van der Waals surface area (Å²) in [6, 6.07) is 7.54. The third-order valence-electron chi connectivity index (χ3n) is 1.36. The summed E-state index contributed by atoms with van der Waals surface area (Å²) in [7, 11) is 0. The molecule has 0 amide bonds. The minimum Gasteiger partial charge on any atom is -0.376 e. The van der Waals surface area contributed by atoms with Crippen LogP contribution in [0.5, 0.6) is 0 Å². The maximum absolute atomic E-state index is 5.77. The maximum Gasteiger partial charge on any atom is 0.163 e. The third-order valence-corrected chi connectivity index (χ3v) is 1.74. The van der Waals surface area contributed by atoms with Crippen molar-refractivity contribution in [3.63, 3.8) is 0 Å². The molecule has 0 fully saturated rings. The van der Waals surface area contributed by atoms with E-state index in [-0.39, 0.29) is 17.0 Å². The first kappa shape index (κ1) is 12.7. The molecule has 0 heterocycles. The summed E-state index contributed by atoms with van der Waals surface area (Å²) in [5.41, 5.74) is 6.33. The van der Waals surface area contributed by atoms with Gasteiger partial charge in [-0.2, -0.15) is 0 Å². The lowest BCUT2D eigenvalue weighted by Crippen LogP contribution is -2.28. The highest BCUT2D eigenvalue weighted by atomic mass is 79.9. The summed E-state index contributed by atoms with van der Waals surface area (Å²) >= 11 is 10.4. The molecule has 13 heavy (non-hydrogen) atoms. The van der Waals surface area contributed by atoms with Gasteiger partial charge in [-0.05, 0) is 29.9 Å². The van der Waals surface area contributed by atoms with Crippen LogP contribution in [0.25, 0.3) is 0 Å². The average Bonchev–Trinajstić information content (AvgIpc) is 2.01. The fourth-order valence-electron chi connectivity index (χ4n) is 0.836. The Labute approximate surface area is 98.2 Å². The first-order chi connectivity index (χ1) is 5.68. The van der Waals surface area contributed by atoms with Gasteiger partial charge in [-0.1, -0.05) is 23.7 Å². The molecule has 0 aliphatic carbocycles. The van der Waals surface area contributed by atoms with Crippen molar-refractivity contribution >= 4 is 45.9 Å². The molecule has 5 heteroatoms. The number of halogens is 2. The molecule has 0 unspecified atom stereocenters. The van der Waals surface area contributed by atoms with Crippen molar-refractivity contribution < 1.29 is 0 Å². The van der Waals surface area contributed by atoms with Crippen LogP contribution in [0.2, 0.25) is 5.02 Å². The quantitative estimate of drug-likeness (QED) is 0.817. The van der Waals surface area contributed by atoms with Crippen LogP contribution in [-0.2, 0) is 6.54 Å². The van der Waals surface area contributed by atoms with Crippen molar-refractivity contribution in [1.82, 2.24) is 5.32 Å². The molecular formula is C8H10BrClN2S. The molecule has 0 aliphatic rings. The Bertz CT molecular complexity index is 293. The predicted molar refractivity (Wildman–Crippen MR) is 65.4 cm³/mol. The molecule has 0 radical (unpaired) electrons. The van der Waals surface area contributed by atoms with Crippen LogP contribution in [0.4, 0.5) is 0 Å². The summed E-state index contributed by atoms with van der Waals surface area (Å²) < 4.78 is 0. The van der Waals surface area contributed by atoms with E-state index in [1.807, 2.05) is 24.3 Å². The molecule has 1 aromatic rings. The van der Waals surface area contributed by atoms with Gasteiger partial charge < -0.3 is 11.1 Å². The van der Waals surface area contributed by atoms with Crippen molar-refractivity contribution in [3.8, 4) is 0 Å². The molecular weight excluding hydrogens is 272 g/mol. The summed E-state index contributed by atoms with van der Waals surface area (Å²) in [6.45, 7) is 0.621. The summed E-state index contributed by atoms with van der Waals surface area (Å²) in [5.74, 6) is 0. The molecule has 2 nitrogen and oxygen atoms in total. The Morgan fingerprint density at radius 1 is 1.54 bits per heavy atom. The van der Waals surface area contributed by atoms with E-state index in [0.29, 0.717) is 11.7 Å². The van der Waals surface area contributed by atoms with E-state index in [1.54, 1.807) is 0 Å². The van der Waals surface area contributed by atoms with E-state index >= 15 is 0 Å². The minimum absolute atomic E-state index is 0. The normalized spacial score (nSPS) is 8.69. The van der Waals surface area contributed by atoms with Crippen LogP contribution >= 0.6 is 40.8 Å². The number of nitrogens with two attached hydrogens (primary N) is 1. The van der Waals surface area contributed by atoms with E-state index in [9.17, 15) is 0 Å². The highest BCUT2D eigenvalue weighted by molar-refractivity contribution is 8.93. The van der Waals surface area contributed by atoms with Gasteiger partial charge in [-0.3, -0.25) is 0 Å². The molecule has 1 rings (SSSR count). The lowest BCUT2D eigenvalue weighted by Gasteiger charge is -2.03. The zero-order valence-corrected chi connectivity index (χ0v) is 10.1. The minimum atomic E-state index is 0. The van der Waals surface area contributed by atoms with E-state index in [2.05, 4.69) is 17.5 Å². The number of rotatable bonds is 2. The molecule has 0 saturated heterocycles. The van der Waals surface area contributed by atoms with Crippen LogP contribution < -0.4 is 11.1 Å². The number of thiocarbonyl (C=S) groups is 1. The molecule has 0 aromatic heterocycles. The lowest BCUT2D eigenvalue weighted by molar-refractivity contribution is 0.920. The summed E-state index contributed by atoms with van der Waals surface area (Å²) in [6.07, 6.45) is 0. The van der Waals surface area contributed by atoms with Crippen LogP contribution in [0.1, 0.15) is 5.56 Å². The second-order valence-electron chi connectivity index (χ2n) is 2.35. The van der Waals surface area contributed by atoms with Gasteiger partial charge in [0.2, 0.25) is 0 Å². The SMILES string of the molecule is Br.NC(=S)NCc1cccc(Cl)c1. The molecule has 0 spiro atoms. The zero-order valence-electron chi connectivity index (χ0n) is 6.79. The molecule has 0 bridgehead atoms. The lowest BCUT2D eigenvalue weighted by atomic mass is 10.2. The largest absolute Gasteiger partial charge is 0.376 e. The van der Waals surface area contributed by atoms with Gasteiger partial charge in [0.15, 0.2) is 5.11 Å². The Kier molecular flexibility index (Phi) is 6.03. The Morgan fingerprint density at radius 3 is 2.77 bits per heavy atom. The van der Waals surface area contributed by atoms with Crippen molar-refractivity contribution in [2.24, 2.45) is 5.73 Å². The van der Waals surface area contributed by atoms with Crippen molar-refractivity contribution in [2.75, 3.05) is 0 Å². The van der Waals surface area contributed by atoms with Crippen molar-refractivity contribution in [3.05, 3.63) is 34.9 Å². The second kappa shape index (κ2) is 6.18. The Hall–Kier alpha value is -0.320. The van der Waals surface area contributed by atoms with E-state index in [4.69, 9.17) is 17.3 Å². The molecule has 3 N–H and O–H groups in total. The van der Waals surface area contributed by atoms with Gasteiger partial charge in [-0.25, -0.2) is 0 Å². The number of benzene rings is 1. The fraction of sp³-hybridized carbons (Fsp3) is 0.125. The van der Waals surface area contributed by atoms with Crippen LogP contribution in [-0.4, -0.2) is 5.11 Å². The molecule has 0 atom stereocenters. The third kappa shape index (κ3) is 5.08. The van der Waals surface area contributed by atoms with Gasteiger partial charge in [0.25, 0.3) is 0 Å². The van der Waals surface area contributed by atoms with Crippen LogP contribution in [0, 0.1) is 0 Å². The zero-order chi connectivity index (χ0) is 8.97. The average molecular weight is 282 g/mol.